The van der Waals surface area contributed by atoms with Crippen LogP contribution in [0.2, 0.25) is 0 Å². The van der Waals surface area contributed by atoms with Crippen LogP contribution in [0.4, 0.5) is 10.5 Å². The molecule has 6 heteroatoms. The lowest BCUT2D eigenvalue weighted by Crippen LogP contribution is -2.35. The number of rotatable bonds is 2. The van der Waals surface area contributed by atoms with Crippen molar-refractivity contribution in [3.63, 3.8) is 0 Å². The van der Waals surface area contributed by atoms with E-state index in [9.17, 15) is 9.59 Å². The van der Waals surface area contributed by atoms with E-state index in [1.54, 1.807) is 24.3 Å². The van der Waals surface area contributed by atoms with Gasteiger partial charge in [-0.2, -0.15) is 0 Å². The maximum absolute atomic E-state index is 13.1. The first kappa shape index (κ1) is 19.1. The van der Waals surface area contributed by atoms with Crippen molar-refractivity contribution in [2.45, 2.75) is 39.3 Å². The van der Waals surface area contributed by atoms with Gasteiger partial charge in [0.15, 0.2) is 0 Å². The van der Waals surface area contributed by atoms with Crippen LogP contribution in [-0.2, 0) is 17.7 Å². The summed E-state index contributed by atoms with van der Waals surface area (Å²) in [4.78, 5) is 30.4. The molecule has 0 saturated carbocycles. The summed E-state index contributed by atoms with van der Waals surface area (Å²) in [5.74, 6) is -0.0474. The normalized spacial score (nSPS) is 13.8. The van der Waals surface area contributed by atoms with Crippen LogP contribution in [0, 0.1) is 0 Å². The molecule has 2 amide bonds. The van der Waals surface area contributed by atoms with Crippen molar-refractivity contribution in [2.24, 2.45) is 0 Å². The highest BCUT2D eigenvalue weighted by atomic mass is 16.6. The first-order valence-electron chi connectivity index (χ1n) is 9.78. The highest BCUT2D eigenvalue weighted by Crippen LogP contribution is 2.28. The molecule has 150 valence electrons. The predicted molar refractivity (Wildman–Crippen MR) is 113 cm³/mol. The summed E-state index contributed by atoms with van der Waals surface area (Å²) < 4.78 is 5.28. The van der Waals surface area contributed by atoms with Crippen LogP contribution < -0.4 is 5.32 Å². The van der Waals surface area contributed by atoms with Crippen molar-refractivity contribution in [1.29, 1.82) is 0 Å². The topological polar surface area (TPSA) is 74.4 Å². The average Bonchev–Trinajstić information content (AvgIpc) is 3.04. The zero-order valence-corrected chi connectivity index (χ0v) is 16.9. The first-order valence-corrected chi connectivity index (χ1v) is 9.78. The van der Waals surface area contributed by atoms with E-state index in [0.29, 0.717) is 24.3 Å². The minimum Gasteiger partial charge on any atom is -0.444 e. The Morgan fingerprint density at radius 3 is 2.69 bits per heavy atom. The van der Waals surface area contributed by atoms with Gasteiger partial charge in [0.05, 0.1) is 0 Å². The third-order valence-corrected chi connectivity index (χ3v) is 4.92. The SMILES string of the molecule is CC(C)(C)OC(=O)Nc1cccc(C(=O)N2CCc3[nH]c4ccccc4c3C2)c1. The monoisotopic (exact) mass is 391 g/mol. The van der Waals surface area contributed by atoms with Gasteiger partial charge in [0, 0.05) is 52.9 Å². The maximum atomic E-state index is 13.1. The molecule has 1 aliphatic rings. The number of carbonyl (C=O) groups excluding carboxylic acids is 2. The Kier molecular flexibility index (Phi) is 4.78. The van der Waals surface area contributed by atoms with E-state index in [1.807, 2.05) is 37.8 Å². The third-order valence-electron chi connectivity index (χ3n) is 4.92. The highest BCUT2D eigenvalue weighted by Gasteiger charge is 2.25. The van der Waals surface area contributed by atoms with Crippen molar-refractivity contribution in [1.82, 2.24) is 9.88 Å². The number of fused-ring (bicyclic) bond motifs is 3. The van der Waals surface area contributed by atoms with E-state index in [1.165, 1.54) is 16.6 Å². The molecule has 0 unspecified atom stereocenters. The molecule has 3 aromatic rings. The molecule has 29 heavy (non-hydrogen) atoms. The van der Waals surface area contributed by atoms with Crippen molar-refractivity contribution < 1.29 is 14.3 Å². The fourth-order valence-electron chi connectivity index (χ4n) is 3.67. The molecule has 0 radical (unpaired) electrons. The molecule has 0 atom stereocenters. The summed E-state index contributed by atoms with van der Waals surface area (Å²) in [6.07, 6.45) is 0.259. The number of H-pyrrole nitrogens is 1. The van der Waals surface area contributed by atoms with E-state index in [2.05, 4.69) is 22.4 Å². The number of anilines is 1. The molecule has 1 aromatic heterocycles. The Bertz CT molecular complexity index is 1080. The maximum Gasteiger partial charge on any atom is 0.412 e. The summed E-state index contributed by atoms with van der Waals surface area (Å²) >= 11 is 0. The molecule has 0 saturated heterocycles. The lowest BCUT2D eigenvalue weighted by Gasteiger charge is -2.27. The molecule has 2 aromatic carbocycles. The highest BCUT2D eigenvalue weighted by molar-refractivity contribution is 5.97. The number of ether oxygens (including phenoxy) is 1. The molecule has 6 nitrogen and oxygen atoms in total. The molecular weight excluding hydrogens is 366 g/mol. The molecule has 2 heterocycles. The van der Waals surface area contributed by atoms with Crippen LogP contribution in [-0.4, -0.2) is 34.0 Å². The van der Waals surface area contributed by atoms with Gasteiger partial charge < -0.3 is 14.6 Å². The molecule has 0 bridgehead atoms. The van der Waals surface area contributed by atoms with Crippen molar-refractivity contribution in [2.75, 3.05) is 11.9 Å². The minimum atomic E-state index is -0.581. The smallest absolute Gasteiger partial charge is 0.412 e. The van der Waals surface area contributed by atoms with Gasteiger partial charge in [-0.15, -0.1) is 0 Å². The Hall–Kier alpha value is -3.28. The fourth-order valence-corrected chi connectivity index (χ4v) is 3.67. The van der Waals surface area contributed by atoms with Gasteiger partial charge in [-0.1, -0.05) is 24.3 Å². The number of benzene rings is 2. The number of hydrogen-bond acceptors (Lipinski definition) is 3. The van der Waals surface area contributed by atoms with Crippen molar-refractivity contribution in [3.8, 4) is 0 Å². The second kappa shape index (κ2) is 7.28. The van der Waals surface area contributed by atoms with Crippen LogP contribution in [0.25, 0.3) is 10.9 Å². The average molecular weight is 391 g/mol. The van der Waals surface area contributed by atoms with Gasteiger partial charge in [0.1, 0.15) is 5.60 Å². The number of amides is 2. The van der Waals surface area contributed by atoms with Crippen LogP contribution in [0.5, 0.6) is 0 Å². The second-order valence-electron chi connectivity index (χ2n) is 8.31. The lowest BCUT2D eigenvalue weighted by atomic mass is 10.0. The number of carbonyl (C=O) groups is 2. The van der Waals surface area contributed by atoms with E-state index < -0.39 is 11.7 Å². The van der Waals surface area contributed by atoms with Crippen LogP contribution in [0.1, 0.15) is 42.4 Å². The van der Waals surface area contributed by atoms with E-state index in [4.69, 9.17) is 4.74 Å². The third kappa shape index (κ3) is 4.11. The van der Waals surface area contributed by atoms with E-state index in [-0.39, 0.29) is 5.91 Å². The number of nitrogens with one attached hydrogen (secondary N) is 2. The molecule has 0 fully saturated rings. The minimum absolute atomic E-state index is 0.0474. The molecule has 2 N–H and O–H groups in total. The van der Waals surface area contributed by atoms with Gasteiger partial charge in [0.25, 0.3) is 5.91 Å². The number of para-hydroxylation sites is 1. The van der Waals surface area contributed by atoms with Gasteiger partial charge >= 0.3 is 6.09 Å². The standard InChI is InChI=1S/C23H25N3O3/c1-23(2,3)29-22(28)24-16-8-6-7-15(13-16)21(27)26-12-11-20-18(14-26)17-9-4-5-10-19(17)25-20/h4-10,13,25H,11-12,14H2,1-3H3,(H,24,28). The van der Waals surface area contributed by atoms with Crippen molar-refractivity contribution in [3.05, 3.63) is 65.4 Å². The van der Waals surface area contributed by atoms with Crippen LogP contribution >= 0.6 is 0 Å². The Morgan fingerprint density at radius 2 is 1.90 bits per heavy atom. The molecule has 0 spiro atoms. The second-order valence-corrected chi connectivity index (χ2v) is 8.31. The number of hydrogen-bond donors (Lipinski definition) is 2. The quantitative estimate of drug-likeness (QED) is 0.664. The van der Waals surface area contributed by atoms with Gasteiger partial charge in [-0.25, -0.2) is 4.79 Å². The summed E-state index contributed by atoms with van der Waals surface area (Å²) in [5.41, 5.74) is 3.99. The number of nitrogens with zero attached hydrogens (tertiary/aromatic N) is 1. The van der Waals surface area contributed by atoms with Gasteiger partial charge in [0.2, 0.25) is 0 Å². The number of aromatic nitrogens is 1. The zero-order chi connectivity index (χ0) is 20.6. The van der Waals surface area contributed by atoms with E-state index in [0.717, 1.165) is 11.9 Å². The summed E-state index contributed by atoms with van der Waals surface area (Å²) in [6, 6.07) is 15.1. The van der Waals surface area contributed by atoms with Crippen molar-refractivity contribution >= 4 is 28.6 Å². The Labute approximate surface area is 169 Å². The predicted octanol–water partition coefficient (Wildman–Crippen LogP) is 4.71. The molecule has 1 aliphatic heterocycles. The fraction of sp³-hybridized carbons (Fsp3) is 0.304. The molecule has 0 aliphatic carbocycles. The molecule has 4 rings (SSSR count). The zero-order valence-electron chi connectivity index (χ0n) is 16.9. The summed E-state index contributed by atoms with van der Waals surface area (Å²) in [7, 11) is 0. The summed E-state index contributed by atoms with van der Waals surface area (Å²) in [5, 5.41) is 3.86. The van der Waals surface area contributed by atoms with Crippen LogP contribution in [0.15, 0.2) is 48.5 Å². The van der Waals surface area contributed by atoms with Gasteiger partial charge in [-0.3, -0.25) is 10.1 Å². The summed E-state index contributed by atoms with van der Waals surface area (Å²) in [6.45, 7) is 6.65. The first-order chi connectivity index (χ1) is 13.8. The van der Waals surface area contributed by atoms with E-state index >= 15 is 0 Å². The van der Waals surface area contributed by atoms with Crippen LogP contribution in [0.3, 0.4) is 0 Å². The van der Waals surface area contributed by atoms with Gasteiger partial charge in [-0.05, 0) is 45.0 Å². The largest absolute Gasteiger partial charge is 0.444 e. The Morgan fingerprint density at radius 1 is 1.10 bits per heavy atom. The number of aromatic amines is 1. The molecular formula is C23H25N3O3. The lowest BCUT2D eigenvalue weighted by molar-refractivity contribution is 0.0634. The Balaban J connectivity index is 1.51.